The fourth-order valence-corrected chi connectivity index (χ4v) is 2.43. The van der Waals surface area contributed by atoms with Gasteiger partial charge in [-0.15, -0.1) is 0 Å². The van der Waals surface area contributed by atoms with Crippen LogP contribution in [0, 0.1) is 17.2 Å². The molecule has 0 aliphatic carbocycles. The molecule has 4 heteroatoms. The fraction of sp³-hybridized carbons (Fsp3) is 0.571. The molecular formula is C14H20ClFO2. The molecule has 18 heavy (non-hydrogen) atoms. The van der Waals surface area contributed by atoms with Crippen LogP contribution in [0.15, 0.2) is 18.2 Å². The maximum atomic E-state index is 13.4. The normalized spacial score (nSPS) is 12.2. The summed E-state index contributed by atoms with van der Waals surface area (Å²) < 4.78 is 13.4. The van der Waals surface area contributed by atoms with Gasteiger partial charge in [0.1, 0.15) is 5.82 Å². The predicted molar refractivity (Wildman–Crippen MR) is 71.2 cm³/mol. The summed E-state index contributed by atoms with van der Waals surface area (Å²) in [5.74, 6) is -0.120. The van der Waals surface area contributed by atoms with Crippen molar-refractivity contribution in [1.82, 2.24) is 0 Å². The Bertz CT molecular complexity index is 389. The molecule has 0 aliphatic heterocycles. The molecule has 0 aliphatic rings. The molecular weight excluding hydrogens is 255 g/mol. The quantitative estimate of drug-likeness (QED) is 0.837. The van der Waals surface area contributed by atoms with Crippen LogP contribution in [0.25, 0.3) is 0 Å². The summed E-state index contributed by atoms with van der Waals surface area (Å²) in [6.45, 7) is 3.82. The number of hydrogen-bond donors (Lipinski definition) is 2. The molecule has 0 fully saturated rings. The molecule has 0 aromatic heterocycles. The lowest BCUT2D eigenvalue weighted by Crippen LogP contribution is -2.34. The van der Waals surface area contributed by atoms with E-state index in [0.29, 0.717) is 18.8 Å². The maximum Gasteiger partial charge on any atom is 0.142 e. The van der Waals surface area contributed by atoms with E-state index < -0.39 is 11.2 Å². The highest BCUT2D eigenvalue weighted by atomic mass is 35.5. The first-order chi connectivity index (χ1) is 8.42. The second-order valence-corrected chi connectivity index (χ2v) is 5.75. The van der Waals surface area contributed by atoms with Gasteiger partial charge in [-0.25, -0.2) is 4.39 Å². The van der Waals surface area contributed by atoms with Crippen molar-refractivity contribution in [2.24, 2.45) is 11.3 Å². The summed E-state index contributed by atoms with van der Waals surface area (Å²) >= 11 is 5.63. The van der Waals surface area contributed by atoms with Gasteiger partial charge in [0, 0.05) is 5.41 Å². The van der Waals surface area contributed by atoms with Crippen molar-refractivity contribution < 1.29 is 14.6 Å². The highest BCUT2D eigenvalue weighted by Gasteiger charge is 2.30. The summed E-state index contributed by atoms with van der Waals surface area (Å²) in [4.78, 5) is 0. The summed E-state index contributed by atoms with van der Waals surface area (Å²) in [6.07, 6.45) is 1.12. The van der Waals surface area contributed by atoms with Gasteiger partial charge in [-0.3, -0.25) is 0 Å². The second kappa shape index (κ2) is 6.50. The minimum Gasteiger partial charge on any atom is -0.396 e. The van der Waals surface area contributed by atoms with Crippen LogP contribution in [0.4, 0.5) is 4.39 Å². The Labute approximate surface area is 112 Å². The number of halogens is 2. The van der Waals surface area contributed by atoms with E-state index in [0.717, 1.165) is 5.56 Å². The van der Waals surface area contributed by atoms with E-state index in [2.05, 4.69) is 0 Å². The Morgan fingerprint density at radius 3 is 2.33 bits per heavy atom. The van der Waals surface area contributed by atoms with Gasteiger partial charge in [0.15, 0.2) is 0 Å². The van der Waals surface area contributed by atoms with Gasteiger partial charge < -0.3 is 10.2 Å². The van der Waals surface area contributed by atoms with Gasteiger partial charge in [-0.2, -0.15) is 0 Å². The SMILES string of the molecule is CC(C)CC(CO)(CO)Cc1ccc(Cl)c(F)c1. The molecule has 0 saturated heterocycles. The highest BCUT2D eigenvalue weighted by Crippen LogP contribution is 2.31. The molecule has 0 unspecified atom stereocenters. The van der Waals surface area contributed by atoms with E-state index in [-0.39, 0.29) is 18.2 Å². The van der Waals surface area contributed by atoms with Crippen molar-refractivity contribution in [3.8, 4) is 0 Å². The molecule has 1 aromatic carbocycles. The monoisotopic (exact) mass is 274 g/mol. The van der Waals surface area contributed by atoms with Crippen molar-refractivity contribution in [1.29, 1.82) is 0 Å². The molecule has 102 valence electrons. The summed E-state index contributed by atoms with van der Waals surface area (Å²) in [7, 11) is 0. The van der Waals surface area contributed by atoms with Crippen LogP contribution in [-0.2, 0) is 6.42 Å². The Hall–Kier alpha value is -0.640. The molecule has 0 saturated carbocycles. The number of benzene rings is 1. The Morgan fingerprint density at radius 2 is 1.89 bits per heavy atom. The van der Waals surface area contributed by atoms with Crippen molar-refractivity contribution in [3.05, 3.63) is 34.6 Å². The minimum atomic E-state index is -0.603. The lowest BCUT2D eigenvalue weighted by Gasteiger charge is -2.31. The van der Waals surface area contributed by atoms with Crippen LogP contribution in [0.2, 0.25) is 5.02 Å². The zero-order valence-corrected chi connectivity index (χ0v) is 11.5. The summed E-state index contributed by atoms with van der Waals surface area (Å²) in [6, 6.07) is 4.59. The van der Waals surface area contributed by atoms with E-state index in [9.17, 15) is 14.6 Å². The molecule has 0 spiro atoms. The first-order valence-corrected chi connectivity index (χ1v) is 6.46. The topological polar surface area (TPSA) is 40.5 Å². The maximum absolute atomic E-state index is 13.4. The van der Waals surface area contributed by atoms with E-state index in [1.807, 2.05) is 13.8 Å². The first-order valence-electron chi connectivity index (χ1n) is 6.08. The number of aliphatic hydroxyl groups excluding tert-OH is 2. The third-order valence-electron chi connectivity index (χ3n) is 3.08. The largest absolute Gasteiger partial charge is 0.396 e. The second-order valence-electron chi connectivity index (χ2n) is 5.34. The third-order valence-corrected chi connectivity index (χ3v) is 3.38. The van der Waals surface area contributed by atoms with Crippen LogP contribution < -0.4 is 0 Å². The van der Waals surface area contributed by atoms with Gasteiger partial charge >= 0.3 is 0 Å². The van der Waals surface area contributed by atoms with E-state index in [4.69, 9.17) is 11.6 Å². The Kier molecular flexibility index (Phi) is 5.57. The Balaban J connectivity index is 2.92. The van der Waals surface area contributed by atoms with E-state index >= 15 is 0 Å². The lowest BCUT2D eigenvalue weighted by molar-refractivity contribution is 0.0369. The van der Waals surface area contributed by atoms with E-state index in [1.54, 1.807) is 6.07 Å². The average Bonchev–Trinajstić information content (AvgIpc) is 2.32. The van der Waals surface area contributed by atoms with Crippen molar-refractivity contribution in [3.63, 3.8) is 0 Å². The molecule has 1 aromatic rings. The predicted octanol–water partition coefficient (Wildman–Crippen LogP) is 3.04. The van der Waals surface area contributed by atoms with E-state index in [1.165, 1.54) is 12.1 Å². The van der Waals surface area contributed by atoms with Crippen molar-refractivity contribution in [2.45, 2.75) is 26.7 Å². The number of rotatable bonds is 6. The standard InChI is InChI=1S/C14H20ClFO2/c1-10(2)6-14(8-17,9-18)7-11-3-4-12(15)13(16)5-11/h3-5,10,17-18H,6-9H2,1-2H3. The van der Waals surface area contributed by atoms with Crippen LogP contribution in [0.1, 0.15) is 25.8 Å². The zero-order valence-electron chi connectivity index (χ0n) is 10.8. The highest BCUT2D eigenvalue weighted by molar-refractivity contribution is 6.30. The molecule has 2 nitrogen and oxygen atoms in total. The fourth-order valence-electron chi connectivity index (χ4n) is 2.31. The molecule has 0 radical (unpaired) electrons. The van der Waals surface area contributed by atoms with Gasteiger partial charge in [-0.05, 0) is 36.5 Å². The summed E-state index contributed by atoms with van der Waals surface area (Å²) in [5, 5.41) is 19.1. The molecule has 0 atom stereocenters. The molecule has 0 bridgehead atoms. The third kappa shape index (κ3) is 3.94. The van der Waals surface area contributed by atoms with Crippen LogP contribution in [0.3, 0.4) is 0 Å². The zero-order chi connectivity index (χ0) is 13.8. The molecule has 0 heterocycles. The minimum absolute atomic E-state index is 0.0845. The van der Waals surface area contributed by atoms with Crippen molar-refractivity contribution >= 4 is 11.6 Å². The van der Waals surface area contributed by atoms with Crippen LogP contribution in [0.5, 0.6) is 0 Å². The number of aliphatic hydroxyl groups is 2. The molecule has 2 N–H and O–H groups in total. The first kappa shape index (κ1) is 15.4. The Morgan fingerprint density at radius 1 is 1.28 bits per heavy atom. The smallest absolute Gasteiger partial charge is 0.142 e. The molecule has 0 amide bonds. The van der Waals surface area contributed by atoms with Gasteiger partial charge in [0.2, 0.25) is 0 Å². The molecule has 1 rings (SSSR count). The lowest BCUT2D eigenvalue weighted by atomic mass is 9.76. The number of hydrogen-bond acceptors (Lipinski definition) is 2. The van der Waals surface area contributed by atoms with Gasteiger partial charge in [0.25, 0.3) is 0 Å². The van der Waals surface area contributed by atoms with Crippen LogP contribution in [-0.4, -0.2) is 23.4 Å². The average molecular weight is 275 g/mol. The van der Waals surface area contributed by atoms with Crippen molar-refractivity contribution in [2.75, 3.05) is 13.2 Å². The van der Waals surface area contributed by atoms with Gasteiger partial charge in [0.05, 0.1) is 18.2 Å². The van der Waals surface area contributed by atoms with Gasteiger partial charge in [-0.1, -0.05) is 31.5 Å². The summed E-state index contributed by atoms with van der Waals surface area (Å²) in [5.41, 5.74) is 0.134. The van der Waals surface area contributed by atoms with Crippen LogP contribution >= 0.6 is 11.6 Å².